The number of nitrogens with zero attached hydrogens (tertiary/aromatic N) is 2. The minimum Gasteiger partial charge on any atom is -0.374 e. The van der Waals surface area contributed by atoms with Crippen LogP contribution in [0.2, 0.25) is 10.0 Å². The monoisotopic (exact) mass is 502 g/mol. The van der Waals surface area contributed by atoms with E-state index in [-0.39, 0.29) is 40.3 Å². The van der Waals surface area contributed by atoms with E-state index < -0.39 is 23.9 Å². The highest BCUT2D eigenvalue weighted by atomic mass is 35.5. The quantitative estimate of drug-likeness (QED) is 0.445. The second-order valence-electron chi connectivity index (χ2n) is 8.33. The number of alkyl halides is 4. The molecule has 2 aromatic rings. The second kappa shape index (κ2) is 8.47. The van der Waals surface area contributed by atoms with Gasteiger partial charge < -0.3 is 9.74 Å². The Morgan fingerprint density at radius 2 is 1.70 bits per heavy atom. The van der Waals surface area contributed by atoms with Gasteiger partial charge >= 0.3 is 6.18 Å². The SMILES string of the molecule is CCCC(=O)N1CC(F)(c2ccc(C3=NOC(c4cc(Cl)cc(Cl)c4)(C(F)(F)F)C3)cc2)C1. The van der Waals surface area contributed by atoms with Crippen molar-refractivity contribution in [1.82, 2.24) is 4.90 Å². The summed E-state index contributed by atoms with van der Waals surface area (Å²) in [6.45, 7) is 1.80. The molecule has 0 spiro atoms. The van der Waals surface area contributed by atoms with Crippen LogP contribution in [-0.4, -0.2) is 35.8 Å². The topological polar surface area (TPSA) is 41.9 Å². The highest BCUT2D eigenvalue weighted by Crippen LogP contribution is 2.49. The van der Waals surface area contributed by atoms with Crippen LogP contribution in [-0.2, 0) is 20.9 Å². The maximum absolute atomic E-state index is 15.2. The van der Waals surface area contributed by atoms with Gasteiger partial charge in [-0.25, -0.2) is 4.39 Å². The van der Waals surface area contributed by atoms with Crippen molar-refractivity contribution in [1.29, 1.82) is 0 Å². The molecule has 10 heteroatoms. The maximum atomic E-state index is 15.2. The van der Waals surface area contributed by atoms with Gasteiger partial charge in [0.05, 0.1) is 18.8 Å². The lowest BCUT2D eigenvalue weighted by molar-refractivity contribution is -0.275. The molecule has 33 heavy (non-hydrogen) atoms. The lowest BCUT2D eigenvalue weighted by atomic mass is 9.84. The molecule has 2 aromatic carbocycles. The van der Waals surface area contributed by atoms with Gasteiger partial charge in [0.25, 0.3) is 5.60 Å². The normalized spacial score (nSPS) is 21.9. The number of benzene rings is 2. The van der Waals surface area contributed by atoms with E-state index in [1.165, 1.54) is 35.2 Å². The summed E-state index contributed by atoms with van der Waals surface area (Å²) in [6.07, 6.45) is -4.33. The van der Waals surface area contributed by atoms with Crippen molar-refractivity contribution in [3.8, 4) is 0 Å². The molecule has 2 aliphatic rings. The largest absolute Gasteiger partial charge is 0.435 e. The number of carbonyl (C=O) groups is 1. The zero-order chi connectivity index (χ0) is 24.0. The summed E-state index contributed by atoms with van der Waals surface area (Å²) < 4.78 is 57.5. The van der Waals surface area contributed by atoms with E-state index in [2.05, 4.69) is 5.16 Å². The number of rotatable bonds is 5. The van der Waals surface area contributed by atoms with Crippen LogP contribution >= 0.6 is 23.2 Å². The Bertz CT molecular complexity index is 1080. The first-order valence-electron chi connectivity index (χ1n) is 10.3. The van der Waals surface area contributed by atoms with Gasteiger partial charge in [0.1, 0.15) is 0 Å². The molecule has 1 unspecified atom stereocenters. The van der Waals surface area contributed by atoms with Gasteiger partial charge in [-0.1, -0.05) is 59.5 Å². The smallest absolute Gasteiger partial charge is 0.374 e. The fourth-order valence-corrected chi connectivity index (χ4v) is 4.62. The zero-order valence-corrected chi connectivity index (χ0v) is 19.1. The first-order chi connectivity index (χ1) is 15.5. The van der Waals surface area contributed by atoms with Crippen molar-refractivity contribution in [3.05, 3.63) is 69.2 Å². The van der Waals surface area contributed by atoms with E-state index in [9.17, 15) is 18.0 Å². The van der Waals surface area contributed by atoms with E-state index >= 15 is 4.39 Å². The molecule has 0 saturated carbocycles. The van der Waals surface area contributed by atoms with Crippen LogP contribution in [0.5, 0.6) is 0 Å². The van der Waals surface area contributed by atoms with Gasteiger partial charge in [-0.2, -0.15) is 13.2 Å². The Kier molecular flexibility index (Phi) is 6.12. The molecule has 1 fully saturated rings. The van der Waals surface area contributed by atoms with Crippen LogP contribution < -0.4 is 0 Å². The molecule has 1 amide bonds. The highest BCUT2D eigenvalue weighted by Gasteiger charge is 2.62. The van der Waals surface area contributed by atoms with Crippen LogP contribution in [0.4, 0.5) is 17.6 Å². The molecule has 0 aliphatic carbocycles. The third-order valence-electron chi connectivity index (χ3n) is 5.95. The van der Waals surface area contributed by atoms with Crippen LogP contribution in [0.15, 0.2) is 47.6 Å². The standard InChI is InChI=1S/C23H20Cl2F4N2O2/c1-2-3-20(32)31-12-21(26,13-31)15-6-4-14(5-7-15)19-11-22(33-30-19,23(27,28)29)16-8-17(24)10-18(25)9-16/h4-10H,2-3,11-13H2,1H3. The summed E-state index contributed by atoms with van der Waals surface area (Å²) in [6, 6.07) is 9.65. The summed E-state index contributed by atoms with van der Waals surface area (Å²) >= 11 is 11.8. The maximum Gasteiger partial charge on any atom is 0.435 e. The highest BCUT2D eigenvalue weighted by molar-refractivity contribution is 6.34. The van der Waals surface area contributed by atoms with Crippen molar-refractivity contribution in [2.24, 2.45) is 5.16 Å². The Labute approximate surface area is 198 Å². The van der Waals surface area contributed by atoms with Crippen LogP contribution in [0.25, 0.3) is 0 Å². The summed E-state index contributed by atoms with van der Waals surface area (Å²) in [5.74, 6) is -0.0931. The van der Waals surface area contributed by atoms with Gasteiger partial charge in [-0.15, -0.1) is 0 Å². The predicted octanol–water partition coefficient (Wildman–Crippen LogP) is 6.38. The van der Waals surface area contributed by atoms with Gasteiger partial charge in [0.2, 0.25) is 5.91 Å². The predicted molar refractivity (Wildman–Crippen MR) is 117 cm³/mol. The lowest BCUT2D eigenvalue weighted by Crippen LogP contribution is -2.58. The first kappa shape index (κ1) is 23.8. The molecular weight excluding hydrogens is 483 g/mol. The van der Waals surface area contributed by atoms with E-state index in [0.717, 1.165) is 12.1 Å². The number of amides is 1. The van der Waals surface area contributed by atoms with Crippen molar-refractivity contribution < 1.29 is 27.2 Å². The number of carbonyl (C=O) groups excluding carboxylic acids is 1. The number of oxime groups is 1. The number of likely N-dealkylation sites (tertiary alicyclic amines) is 1. The van der Waals surface area contributed by atoms with Gasteiger partial charge in [-0.05, 0) is 35.7 Å². The second-order valence-corrected chi connectivity index (χ2v) is 9.20. The minimum atomic E-state index is -4.80. The van der Waals surface area contributed by atoms with Gasteiger partial charge in [-0.3, -0.25) is 4.79 Å². The molecule has 2 aliphatic heterocycles. The number of hydrogen-bond donors (Lipinski definition) is 0. The molecule has 0 N–H and O–H groups in total. The average molecular weight is 503 g/mol. The van der Waals surface area contributed by atoms with Crippen molar-refractivity contribution in [2.75, 3.05) is 13.1 Å². The fraction of sp³-hybridized carbons (Fsp3) is 0.391. The fourth-order valence-electron chi connectivity index (χ4n) is 4.10. The van der Waals surface area contributed by atoms with Gasteiger partial charge in [0, 0.05) is 28.5 Å². The van der Waals surface area contributed by atoms with Crippen molar-refractivity contribution >= 4 is 34.8 Å². The van der Waals surface area contributed by atoms with Crippen LogP contribution in [0.1, 0.15) is 42.9 Å². The number of halogens is 6. The van der Waals surface area contributed by atoms with E-state index in [4.69, 9.17) is 28.0 Å². The molecule has 1 atom stereocenters. The Balaban J connectivity index is 1.53. The van der Waals surface area contributed by atoms with E-state index in [0.29, 0.717) is 24.0 Å². The molecule has 0 radical (unpaired) electrons. The van der Waals surface area contributed by atoms with E-state index in [1.807, 2.05) is 6.92 Å². The summed E-state index contributed by atoms with van der Waals surface area (Å²) in [4.78, 5) is 18.3. The molecule has 4 rings (SSSR count). The molecule has 2 heterocycles. The van der Waals surface area contributed by atoms with Crippen molar-refractivity contribution in [3.63, 3.8) is 0 Å². The molecule has 0 bridgehead atoms. The van der Waals surface area contributed by atoms with Gasteiger partial charge in [0.15, 0.2) is 5.67 Å². The molecule has 4 nitrogen and oxygen atoms in total. The first-order valence-corrected chi connectivity index (χ1v) is 11.1. The number of hydrogen-bond acceptors (Lipinski definition) is 3. The summed E-state index contributed by atoms with van der Waals surface area (Å²) in [7, 11) is 0. The summed E-state index contributed by atoms with van der Waals surface area (Å²) in [5.41, 5.74) is -3.86. The molecule has 176 valence electrons. The van der Waals surface area contributed by atoms with E-state index in [1.54, 1.807) is 0 Å². The van der Waals surface area contributed by atoms with Crippen LogP contribution in [0.3, 0.4) is 0 Å². The minimum absolute atomic E-state index is 0.0397. The third-order valence-corrected chi connectivity index (χ3v) is 6.39. The summed E-state index contributed by atoms with van der Waals surface area (Å²) in [5, 5.41) is 3.80. The Morgan fingerprint density at radius 3 is 2.24 bits per heavy atom. The Hall–Kier alpha value is -2.32. The van der Waals surface area contributed by atoms with Crippen molar-refractivity contribution in [2.45, 2.75) is 43.6 Å². The lowest BCUT2D eigenvalue weighted by Gasteiger charge is -2.44. The zero-order valence-electron chi connectivity index (χ0n) is 17.6. The Morgan fingerprint density at radius 1 is 1.09 bits per heavy atom. The average Bonchev–Trinajstić information content (AvgIpc) is 3.18. The molecule has 1 saturated heterocycles. The van der Waals surface area contributed by atoms with Crippen LogP contribution in [0, 0.1) is 0 Å². The third kappa shape index (κ3) is 4.30. The molecule has 0 aromatic heterocycles. The molecular formula is C23H20Cl2F4N2O2.